The number of aliphatic hydroxyl groups excluding tert-OH is 13. The Kier molecular flexibility index (Phi) is 13.8. The molecule has 280 valence electrons. The van der Waals surface area contributed by atoms with Crippen molar-refractivity contribution < 1.29 is 104 Å². The lowest BCUT2D eigenvalue weighted by molar-refractivity contribution is -0.360. The van der Waals surface area contributed by atoms with Gasteiger partial charge in [-0.3, -0.25) is 4.79 Å². The molecule has 0 radical (unpaired) electrons. The van der Waals surface area contributed by atoms with Crippen LogP contribution >= 0.6 is 0 Å². The molecule has 0 aliphatic carbocycles. The molecule has 1 unspecified atom stereocenters. The van der Waals surface area contributed by atoms with E-state index in [1.54, 1.807) is 0 Å². The minimum Gasteiger partial charge on any atom is -0.394 e. The Balaban J connectivity index is 1.63. The first-order chi connectivity index (χ1) is 22.7. The molecule has 4 aliphatic heterocycles. The van der Waals surface area contributed by atoms with Crippen LogP contribution in [0.4, 0.5) is 0 Å². The van der Waals surface area contributed by atoms with Crippen LogP contribution in [-0.2, 0) is 38.0 Å². The zero-order valence-electron chi connectivity index (χ0n) is 25.5. The van der Waals surface area contributed by atoms with E-state index < -0.39 is 155 Å². The van der Waals surface area contributed by atoms with Gasteiger partial charge >= 0.3 is 0 Å². The molecule has 0 aromatic carbocycles. The third-order valence-electron chi connectivity index (χ3n) is 8.56. The number of rotatable bonds is 13. The van der Waals surface area contributed by atoms with Crippen LogP contribution in [-0.4, -0.2) is 221 Å². The van der Waals surface area contributed by atoms with Crippen molar-refractivity contribution in [3.8, 4) is 0 Å². The second-order valence-corrected chi connectivity index (χ2v) is 11.9. The van der Waals surface area contributed by atoms with E-state index in [0.29, 0.717) is 0 Å². The van der Waals surface area contributed by atoms with Gasteiger partial charge in [-0.15, -0.1) is 0 Å². The van der Waals surface area contributed by atoms with Gasteiger partial charge < -0.3 is 105 Å². The molecule has 4 saturated heterocycles. The molecule has 4 aliphatic rings. The predicted octanol–water partition coefficient (Wildman–Crippen LogP) is -9.61. The average Bonchev–Trinajstić information content (AvgIpc) is 3.52. The molecule has 1 amide bonds. The fourth-order valence-electron chi connectivity index (χ4n) is 5.95. The van der Waals surface area contributed by atoms with E-state index in [1.807, 2.05) is 0 Å². The number of carbonyl (C=O) groups excluding carboxylic acids is 1. The topological polar surface area (TPSA) is 357 Å². The van der Waals surface area contributed by atoms with Crippen molar-refractivity contribution in [1.82, 2.24) is 5.32 Å². The van der Waals surface area contributed by atoms with Gasteiger partial charge in [-0.25, -0.2) is 0 Å². The molecule has 0 saturated carbocycles. The van der Waals surface area contributed by atoms with Gasteiger partial charge in [-0.1, -0.05) is 0 Å². The fraction of sp³-hybridized carbons (Fsp3) is 0.962. The minimum absolute atomic E-state index is 0.708. The Morgan fingerprint density at radius 3 is 1.69 bits per heavy atom. The zero-order valence-corrected chi connectivity index (χ0v) is 25.5. The quantitative estimate of drug-likeness (QED) is 0.0844. The predicted molar refractivity (Wildman–Crippen MR) is 145 cm³/mol. The summed E-state index contributed by atoms with van der Waals surface area (Å²) in [6.45, 7) is -2.43. The van der Waals surface area contributed by atoms with E-state index >= 15 is 0 Å². The molecule has 4 heterocycles. The molecule has 22 heteroatoms. The maximum absolute atomic E-state index is 11.9. The number of ether oxygens (including phenoxy) is 7. The van der Waals surface area contributed by atoms with Gasteiger partial charge in [0.15, 0.2) is 25.2 Å². The Morgan fingerprint density at radius 1 is 0.604 bits per heavy atom. The van der Waals surface area contributed by atoms with Gasteiger partial charge in [-0.05, 0) is 0 Å². The van der Waals surface area contributed by atoms with Gasteiger partial charge in [0.05, 0.1) is 26.4 Å². The van der Waals surface area contributed by atoms with E-state index in [-0.39, 0.29) is 0 Å². The summed E-state index contributed by atoms with van der Waals surface area (Å²) in [6.07, 6.45) is -33.6. The number of hydrogen-bond donors (Lipinski definition) is 14. The van der Waals surface area contributed by atoms with E-state index in [2.05, 4.69) is 5.32 Å². The van der Waals surface area contributed by atoms with Crippen molar-refractivity contribution in [3.05, 3.63) is 0 Å². The van der Waals surface area contributed by atoms with E-state index in [9.17, 15) is 71.2 Å². The van der Waals surface area contributed by atoms with Crippen LogP contribution in [0.15, 0.2) is 0 Å². The average molecular weight is 708 g/mol. The highest BCUT2D eigenvalue weighted by Gasteiger charge is 2.57. The van der Waals surface area contributed by atoms with E-state index in [4.69, 9.17) is 33.2 Å². The molecule has 4 rings (SSSR count). The van der Waals surface area contributed by atoms with Crippen molar-refractivity contribution in [1.29, 1.82) is 0 Å². The molecular formula is C26H45NO21. The molecule has 14 N–H and O–H groups in total. The minimum atomic E-state index is -2.07. The lowest BCUT2D eigenvalue weighted by Crippen LogP contribution is -2.66. The van der Waals surface area contributed by atoms with Gasteiger partial charge in [0.2, 0.25) is 5.91 Å². The molecule has 4 fully saturated rings. The standard InChI is InChI=1S/C26H45NO21/c1-6(32)27-11-14(37)12(35)9(4-30)43-24(11)47-21-17(40)19(8(34)3-29)45-26(21)48-22-20(13(36)10(5-31)42-23(22)41)46-25-16(39)15(38)18(44-25)7(33)2-28/h7-26,28-31,33-41H,2-5H2,1H3,(H,27,32)/t7-,8-,9-,10-,11-,12-,13+,14-,15-,16-,17+,18+,19+,20+,21-,22-,23?,24-,25+,26-/m1/s1. The molecule has 22 nitrogen and oxygen atoms in total. The number of aliphatic hydroxyl groups is 13. The summed E-state index contributed by atoms with van der Waals surface area (Å²) in [5, 5.41) is 136. The van der Waals surface area contributed by atoms with Crippen LogP contribution in [0, 0.1) is 0 Å². The van der Waals surface area contributed by atoms with Crippen molar-refractivity contribution in [2.75, 3.05) is 26.4 Å². The van der Waals surface area contributed by atoms with Gasteiger partial charge in [0.1, 0.15) is 97.6 Å². The fourth-order valence-corrected chi connectivity index (χ4v) is 5.95. The van der Waals surface area contributed by atoms with Crippen molar-refractivity contribution in [2.24, 2.45) is 0 Å². The smallest absolute Gasteiger partial charge is 0.217 e. The second kappa shape index (κ2) is 16.8. The Bertz CT molecular complexity index is 1030. The second-order valence-electron chi connectivity index (χ2n) is 11.9. The summed E-state index contributed by atoms with van der Waals surface area (Å²) in [4.78, 5) is 11.9. The van der Waals surface area contributed by atoms with Gasteiger partial charge in [0.25, 0.3) is 0 Å². The molecule has 48 heavy (non-hydrogen) atoms. The summed E-state index contributed by atoms with van der Waals surface area (Å²) in [5.74, 6) is -0.708. The SMILES string of the molecule is CC(=O)N[C@H]1[C@@H](O[C@H]2[C@@H](O[C@H]3C(O)O[C@H](CO)[C@H](O)[C@@H]3O[C@@H]3O[C@@H]([C@H](O)CO)[C@H](O)[C@H]3O)O[C@@H]([C@H](O)CO)[C@@H]2O)O[C@H](CO)[C@@H](O)[C@@H]1O. The first-order valence-electron chi connectivity index (χ1n) is 15.1. The number of carbonyl (C=O) groups is 1. The molecule has 0 spiro atoms. The maximum atomic E-state index is 11.9. The molecule has 0 aromatic rings. The van der Waals surface area contributed by atoms with Crippen molar-refractivity contribution in [2.45, 2.75) is 130 Å². The third kappa shape index (κ3) is 8.08. The number of nitrogens with one attached hydrogen (secondary N) is 1. The molecular weight excluding hydrogens is 662 g/mol. The van der Waals surface area contributed by atoms with Crippen molar-refractivity contribution >= 4 is 5.91 Å². The third-order valence-corrected chi connectivity index (χ3v) is 8.56. The van der Waals surface area contributed by atoms with Crippen LogP contribution in [0.3, 0.4) is 0 Å². The Morgan fingerprint density at radius 2 is 1.12 bits per heavy atom. The Labute approximate surface area is 272 Å². The lowest BCUT2D eigenvalue weighted by atomic mass is 9.96. The largest absolute Gasteiger partial charge is 0.394 e. The highest BCUT2D eigenvalue weighted by Crippen LogP contribution is 2.36. The summed E-state index contributed by atoms with van der Waals surface area (Å²) in [7, 11) is 0. The number of amides is 1. The molecule has 20 atom stereocenters. The molecule has 0 aromatic heterocycles. The summed E-state index contributed by atoms with van der Waals surface area (Å²) < 4.78 is 39.1. The van der Waals surface area contributed by atoms with Crippen molar-refractivity contribution in [3.63, 3.8) is 0 Å². The van der Waals surface area contributed by atoms with Crippen LogP contribution in [0.5, 0.6) is 0 Å². The van der Waals surface area contributed by atoms with Gasteiger partial charge in [0, 0.05) is 6.92 Å². The Hall–Kier alpha value is -1.33. The lowest BCUT2D eigenvalue weighted by Gasteiger charge is -2.45. The number of hydrogen-bond acceptors (Lipinski definition) is 21. The summed E-state index contributed by atoms with van der Waals surface area (Å²) in [6, 6.07) is -1.52. The first kappa shape index (κ1) is 39.5. The highest BCUT2D eigenvalue weighted by atomic mass is 16.8. The summed E-state index contributed by atoms with van der Waals surface area (Å²) in [5.41, 5.74) is 0. The first-order valence-corrected chi connectivity index (χ1v) is 15.1. The van der Waals surface area contributed by atoms with Gasteiger partial charge in [-0.2, -0.15) is 0 Å². The monoisotopic (exact) mass is 707 g/mol. The molecule has 0 bridgehead atoms. The van der Waals surface area contributed by atoms with E-state index in [0.717, 1.165) is 6.92 Å². The van der Waals surface area contributed by atoms with E-state index in [1.165, 1.54) is 0 Å². The van der Waals surface area contributed by atoms with Crippen LogP contribution < -0.4 is 5.32 Å². The zero-order chi connectivity index (χ0) is 35.6. The summed E-state index contributed by atoms with van der Waals surface area (Å²) >= 11 is 0. The van der Waals surface area contributed by atoms with Crippen LogP contribution in [0.25, 0.3) is 0 Å². The maximum Gasteiger partial charge on any atom is 0.217 e. The van der Waals surface area contributed by atoms with Crippen LogP contribution in [0.1, 0.15) is 6.92 Å². The van der Waals surface area contributed by atoms with Crippen LogP contribution in [0.2, 0.25) is 0 Å². The highest BCUT2D eigenvalue weighted by molar-refractivity contribution is 5.73. The normalized spacial score (nSPS) is 48.0.